The second-order valence-corrected chi connectivity index (χ2v) is 26.3. The van der Waals surface area contributed by atoms with Crippen LogP contribution in [-0.2, 0) is 20.7 Å². The van der Waals surface area contributed by atoms with E-state index < -0.39 is 22.2 Å². The van der Waals surface area contributed by atoms with Crippen LogP contribution in [0.15, 0.2) is 9.98 Å². The van der Waals surface area contributed by atoms with Gasteiger partial charge >= 0.3 is 0 Å². The highest BCUT2D eigenvalue weighted by Crippen LogP contribution is 2.48. The lowest BCUT2D eigenvalue weighted by atomic mass is 9.78. The first-order valence-electron chi connectivity index (χ1n) is 29.2. The van der Waals surface area contributed by atoms with Crippen LogP contribution in [0.1, 0.15) is 207 Å². The molecular weight excluding hydrogens is 929 g/mol. The second kappa shape index (κ2) is 20.0. The zero-order valence-electron chi connectivity index (χ0n) is 46.3. The van der Waals surface area contributed by atoms with Gasteiger partial charge in [0, 0.05) is 75.5 Å². The number of piperazine rings is 3. The fraction of sp³-hybridized carbons (Fsp3) is 0.821. The summed E-state index contributed by atoms with van der Waals surface area (Å²) < 4.78 is 0. The van der Waals surface area contributed by atoms with Gasteiger partial charge in [0.25, 0.3) is 0 Å². The van der Waals surface area contributed by atoms with E-state index >= 15 is 9.59 Å². The van der Waals surface area contributed by atoms with E-state index in [1.807, 2.05) is 27.7 Å². The fourth-order valence-corrected chi connectivity index (χ4v) is 14.7. The molecule has 4 bridgehead atoms. The Bertz CT molecular complexity index is 2260. The van der Waals surface area contributed by atoms with Crippen molar-refractivity contribution in [1.29, 1.82) is 0 Å². The van der Waals surface area contributed by atoms with E-state index in [0.717, 1.165) is 115 Å². The van der Waals surface area contributed by atoms with Crippen LogP contribution in [0.4, 0.5) is 11.9 Å². The minimum atomic E-state index is -1.06. The van der Waals surface area contributed by atoms with Crippen LogP contribution in [0, 0.1) is 0 Å². The van der Waals surface area contributed by atoms with Crippen molar-refractivity contribution in [3.05, 3.63) is 23.3 Å². The van der Waals surface area contributed by atoms with Gasteiger partial charge in [0.1, 0.15) is 0 Å². The lowest BCUT2D eigenvalue weighted by molar-refractivity contribution is -0.150. The molecule has 4 N–H and O–H groups in total. The number of nitrogens with zero attached hydrogens (tertiary/aromatic N) is 12. The number of aliphatic imine (C=N–C) groups is 2. The van der Waals surface area contributed by atoms with E-state index in [-0.39, 0.29) is 35.0 Å². The molecule has 2 aromatic heterocycles. The lowest BCUT2D eigenvalue weighted by Crippen LogP contribution is -2.76. The van der Waals surface area contributed by atoms with Crippen LogP contribution in [-0.4, -0.2) is 171 Å². The van der Waals surface area contributed by atoms with E-state index in [1.54, 1.807) is 0 Å². The molecular formula is C56H88N16O2. The molecule has 0 aromatic carbocycles. The number of rotatable bonds is 14. The Labute approximate surface area is 440 Å². The van der Waals surface area contributed by atoms with Gasteiger partial charge in [-0.3, -0.25) is 40.0 Å². The molecule has 2 amide bonds. The predicted molar refractivity (Wildman–Crippen MR) is 290 cm³/mol. The number of carbonyl (C=O) groups is 2. The molecule has 4 saturated carbocycles. The van der Waals surface area contributed by atoms with Crippen LogP contribution < -0.4 is 21.3 Å². The largest absolute Gasteiger partial charge is 0.351 e. The average molecular weight is 1020 g/mol. The minimum absolute atomic E-state index is 0.0154. The van der Waals surface area contributed by atoms with Crippen molar-refractivity contribution in [2.45, 2.75) is 241 Å². The van der Waals surface area contributed by atoms with Crippen molar-refractivity contribution in [2.75, 3.05) is 63.0 Å². The number of anilines is 2. The van der Waals surface area contributed by atoms with Crippen molar-refractivity contribution in [3.63, 3.8) is 0 Å². The third-order valence-electron chi connectivity index (χ3n) is 18.1. The maximum Gasteiger partial charge on any atom is 0.243 e. The summed E-state index contributed by atoms with van der Waals surface area (Å²) in [6.45, 7) is 22.0. The van der Waals surface area contributed by atoms with Crippen LogP contribution in [0.2, 0.25) is 0 Å². The number of nitrogens with one attached hydrogen (secondary N) is 4. The Hall–Kier alpha value is -4.26. The van der Waals surface area contributed by atoms with Crippen LogP contribution >= 0.6 is 0 Å². The monoisotopic (exact) mass is 1020 g/mol. The summed E-state index contributed by atoms with van der Waals surface area (Å²) in [5.41, 5.74) is -2.63. The molecule has 18 heteroatoms. The molecule has 0 radical (unpaired) electrons. The first kappa shape index (κ1) is 51.8. The second-order valence-electron chi connectivity index (χ2n) is 26.3. The molecule has 11 aliphatic rings. The van der Waals surface area contributed by atoms with Gasteiger partial charge in [-0.1, -0.05) is 77.0 Å². The normalized spacial score (nSPS) is 27.6. The Morgan fingerprint density at radius 1 is 0.473 bits per heavy atom. The third-order valence-corrected chi connectivity index (χ3v) is 18.1. The minimum Gasteiger partial charge on any atom is -0.351 e. The van der Waals surface area contributed by atoms with Gasteiger partial charge in [-0.25, -0.2) is 9.97 Å². The Kier molecular flexibility index (Phi) is 14.0. The van der Waals surface area contributed by atoms with Crippen LogP contribution in [0.25, 0.3) is 0 Å². The lowest BCUT2D eigenvalue weighted by Gasteiger charge is -2.56. The van der Waals surface area contributed by atoms with Crippen molar-refractivity contribution in [2.24, 2.45) is 9.98 Å². The van der Waals surface area contributed by atoms with Crippen LogP contribution in [0.5, 0.6) is 0 Å². The number of fused-ring (bicyclic) bond motifs is 4. The molecule has 7 fully saturated rings. The number of hydrogen-bond acceptors (Lipinski definition) is 16. The van der Waals surface area contributed by atoms with Gasteiger partial charge in [0.05, 0.1) is 34.6 Å². The summed E-state index contributed by atoms with van der Waals surface area (Å²) in [5, 5.41) is 14.7. The third kappa shape index (κ3) is 9.77. The number of aromatic nitrogens is 6. The maximum atomic E-state index is 15.0. The molecule has 4 aliphatic carbocycles. The van der Waals surface area contributed by atoms with Crippen LogP contribution in [0.3, 0.4) is 0 Å². The van der Waals surface area contributed by atoms with Crippen molar-refractivity contribution < 1.29 is 9.59 Å². The van der Waals surface area contributed by atoms with E-state index in [9.17, 15) is 0 Å². The number of carbonyl (C=O) groups excluding carboxylic acids is 2. The average Bonchev–Trinajstić information content (AvgIpc) is 3.42. The zero-order valence-corrected chi connectivity index (χ0v) is 46.3. The molecule has 3 saturated heterocycles. The van der Waals surface area contributed by atoms with Crippen molar-refractivity contribution >= 4 is 35.1 Å². The molecule has 18 nitrogen and oxygen atoms in total. The predicted octanol–water partition coefficient (Wildman–Crippen LogP) is 6.50. The first-order valence-corrected chi connectivity index (χ1v) is 29.2. The van der Waals surface area contributed by atoms with Gasteiger partial charge in [-0.05, 0) is 107 Å². The summed E-state index contributed by atoms with van der Waals surface area (Å²) in [4.78, 5) is 81.7. The molecule has 9 heterocycles. The van der Waals surface area contributed by atoms with Gasteiger partial charge in [-0.15, -0.1) is 0 Å². The summed E-state index contributed by atoms with van der Waals surface area (Å²) >= 11 is 0. The van der Waals surface area contributed by atoms with Crippen molar-refractivity contribution in [3.8, 4) is 0 Å². The summed E-state index contributed by atoms with van der Waals surface area (Å²) in [6, 6.07) is 0.992. The standard InChI is InChI=1S/C56H88N16O2/c1-51(2)35-71(47(73)53(5,6)67-51)55(43-61-44(55)64-49(63-43)59-39-25-17-11-18-26-39)41(57-37-21-13-9-14-22-37)33-69-29-31-70(32-30-69)34-42(58-38-23-15-10-16-24-38)56(72-36-52(3,4)68-54(7,8)48(72)74)45-62-46(56)66-50(65-45)60-40-27-19-12-20-28-40/h37-40,67-68H,9-36H2,1-8H3,(H,59,61,63,64)(H,60,62,65,66). The Morgan fingerprint density at radius 2 is 0.784 bits per heavy atom. The van der Waals surface area contributed by atoms with E-state index in [4.69, 9.17) is 39.9 Å². The smallest absolute Gasteiger partial charge is 0.243 e. The van der Waals surface area contributed by atoms with E-state index in [0.29, 0.717) is 73.5 Å². The Morgan fingerprint density at radius 3 is 1.11 bits per heavy atom. The molecule has 0 spiro atoms. The molecule has 74 heavy (non-hydrogen) atoms. The van der Waals surface area contributed by atoms with Gasteiger partial charge in [-0.2, -0.15) is 19.9 Å². The molecule has 404 valence electrons. The van der Waals surface area contributed by atoms with Gasteiger partial charge < -0.3 is 20.4 Å². The van der Waals surface area contributed by atoms with E-state index in [1.165, 1.54) is 51.4 Å². The number of hydrogen-bond donors (Lipinski definition) is 4. The maximum absolute atomic E-state index is 15.0. The topological polar surface area (TPSA) is 197 Å². The van der Waals surface area contributed by atoms with Gasteiger partial charge in [0.2, 0.25) is 34.8 Å². The highest BCUT2D eigenvalue weighted by Gasteiger charge is 2.65. The first-order chi connectivity index (χ1) is 35.3. The molecule has 13 rings (SSSR count). The Balaban J connectivity index is 0.908. The molecule has 0 unspecified atom stereocenters. The zero-order chi connectivity index (χ0) is 51.7. The molecule has 0 atom stereocenters. The molecule has 2 aromatic rings. The molecule has 7 aliphatic heterocycles. The summed E-state index contributed by atoms with van der Waals surface area (Å²) in [7, 11) is 0. The quantitative estimate of drug-likeness (QED) is 0.150. The number of amides is 2. The fourth-order valence-electron chi connectivity index (χ4n) is 14.7. The SMILES string of the molecule is CC1(C)CN(C2(C(CN3CCN(CC(=NC4CCCCC4)C4(N5CC(C)(C)NC(C)(C)C5=O)c5nc(NC6CCCCC6)nc4n5)CC3)=NC3CCCCC3)c3nc(NC4CCCCC4)nc2n3)C(=O)C(C)(C)N1. The van der Waals surface area contributed by atoms with Gasteiger partial charge in [0.15, 0.2) is 23.3 Å². The van der Waals surface area contributed by atoms with E-state index in [2.05, 4.69) is 68.6 Å². The summed E-state index contributed by atoms with van der Waals surface area (Å²) in [5.74, 6) is 3.80. The highest BCUT2D eigenvalue weighted by atomic mass is 16.2. The highest BCUT2D eigenvalue weighted by molar-refractivity contribution is 6.05. The van der Waals surface area contributed by atoms with Crippen molar-refractivity contribution in [1.82, 2.24) is 60.1 Å². The summed E-state index contributed by atoms with van der Waals surface area (Å²) in [6.07, 6.45) is 23.0.